The van der Waals surface area contributed by atoms with E-state index >= 15 is 0 Å². The first-order chi connectivity index (χ1) is 13.0. The molecule has 0 bridgehead atoms. The van der Waals surface area contributed by atoms with Crippen molar-refractivity contribution in [3.63, 3.8) is 0 Å². The van der Waals surface area contributed by atoms with E-state index in [9.17, 15) is 9.59 Å². The van der Waals surface area contributed by atoms with Gasteiger partial charge < -0.3 is 9.88 Å². The molecule has 1 aliphatic rings. The van der Waals surface area contributed by atoms with E-state index in [2.05, 4.69) is 20.5 Å². The molecule has 27 heavy (non-hydrogen) atoms. The summed E-state index contributed by atoms with van der Waals surface area (Å²) in [6, 6.07) is 0. The number of hydrogen-bond donors (Lipinski definition) is 2. The van der Waals surface area contributed by atoms with Crippen molar-refractivity contribution in [3.05, 3.63) is 37.7 Å². The van der Waals surface area contributed by atoms with Gasteiger partial charge in [-0.05, 0) is 43.5 Å². The Morgan fingerprint density at radius 2 is 2.22 bits per heavy atom. The van der Waals surface area contributed by atoms with E-state index in [1.54, 1.807) is 33.8 Å². The van der Waals surface area contributed by atoms with Gasteiger partial charge in [0.15, 0.2) is 10.6 Å². The highest BCUT2D eigenvalue weighted by Gasteiger charge is 2.20. The third-order valence-corrected chi connectivity index (χ3v) is 6.50. The Kier molecular flexibility index (Phi) is 4.92. The molecule has 0 atom stereocenters. The highest BCUT2D eigenvalue weighted by Crippen LogP contribution is 2.33. The number of aromatic nitrogens is 5. The topological polar surface area (TPSA) is 97.6 Å². The van der Waals surface area contributed by atoms with Crippen LogP contribution in [0.2, 0.25) is 0 Å². The molecule has 0 radical (unpaired) electrons. The first kappa shape index (κ1) is 18.1. The summed E-state index contributed by atoms with van der Waals surface area (Å²) in [6.45, 7) is 0.587. The van der Waals surface area contributed by atoms with Gasteiger partial charge in [0.2, 0.25) is 5.91 Å². The third-order valence-electron chi connectivity index (χ3n) is 4.94. The molecule has 3 heterocycles. The van der Waals surface area contributed by atoms with E-state index in [1.807, 2.05) is 0 Å². The normalized spacial score (nSPS) is 13.7. The monoisotopic (exact) mass is 404 g/mol. The van der Waals surface area contributed by atoms with E-state index < -0.39 is 0 Å². The number of aromatic amines is 1. The van der Waals surface area contributed by atoms with Gasteiger partial charge in [0.25, 0.3) is 5.56 Å². The average Bonchev–Trinajstić information content (AvgIpc) is 3.20. The summed E-state index contributed by atoms with van der Waals surface area (Å²) in [5.41, 5.74) is 1.13. The number of carbonyl (C=O) groups excluding carboxylic acids is 1. The second-order valence-electron chi connectivity index (χ2n) is 6.66. The molecule has 0 saturated carbocycles. The molecule has 1 amide bonds. The van der Waals surface area contributed by atoms with Gasteiger partial charge >= 0.3 is 0 Å². The summed E-state index contributed by atoms with van der Waals surface area (Å²) in [6.07, 6.45) is 6.03. The molecule has 3 aromatic heterocycles. The first-order valence-electron chi connectivity index (χ1n) is 8.91. The van der Waals surface area contributed by atoms with Crippen molar-refractivity contribution >= 4 is 39.7 Å². The summed E-state index contributed by atoms with van der Waals surface area (Å²) in [7, 11) is 1.79. The van der Waals surface area contributed by atoms with Crippen LogP contribution >= 0.6 is 23.6 Å². The lowest BCUT2D eigenvalue weighted by atomic mass is 9.97. The van der Waals surface area contributed by atoms with Crippen molar-refractivity contribution < 1.29 is 4.79 Å². The number of carbonyl (C=O) groups is 1. The number of fused-ring (bicyclic) bond motifs is 3. The molecular weight excluding hydrogens is 384 g/mol. The number of aryl methyl sites for hydroxylation is 3. The third kappa shape index (κ3) is 3.46. The fraction of sp³-hybridized carbons (Fsp3) is 0.471. The molecule has 2 N–H and O–H groups in total. The van der Waals surface area contributed by atoms with Crippen molar-refractivity contribution in [1.29, 1.82) is 0 Å². The number of thiophene rings is 1. The summed E-state index contributed by atoms with van der Waals surface area (Å²) in [5.74, 6) is 0.502. The van der Waals surface area contributed by atoms with Gasteiger partial charge in [-0.2, -0.15) is 5.10 Å². The lowest BCUT2D eigenvalue weighted by Crippen LogP contribution is -2.28. The van der Waals surface area contributed by atoms with Gasteiger partial charge in [0, 0.05) is 24.9 Å². The van der Waals surface area contributed by atoms with Crippen LogP contribution < -0.4 is 10.9 Å². The number of nitrogens with zero attached hydrogens (tertiary/aromatic N) is 4. The lowest BCUT2D eigenvalue weighted by molar-refractivity contribution is -0.121. The summed E-state index contributed by atoms with van der Waals surface area (Å²) < 4.78 is 3.75. The molecular formula is C17H20N6O2S2. The number of nitrogens with one attached hydrogen (secondary N) is 2. The molecule has 0 spiro atoms. The molecule has 142 valence electrons. The van der Waals surface area contributed by atoms with E-state index in [1.165, 1.54) is 16.9 Å². The van der Waals surface area contributed by atoms with Crippen LogP contribution in [0.1, 0.15) is 35.5 Å². The predicted molar refractivity (Wildman–Crippen MR) is 105 cm³/mol. The van der Waals surface area contributed by atoms with Gasteiger partial charge in [-0.15, -0.1) is 11.3 Å². The van der Waals surface area contributed by atoms with E-state index in [0.717, 1.165) is 29.5 Å². The van der Waals surface area contributed by atoms with Crippen LogP contribution in [0, 0.1) is 4.77 Å². The molecule has 0 aromatic carbocycles. The maximum absolute atomic E-state index is 12.9. The fourth-order valence-electron chi connectivity index (χ4n) is 3.37. The van der Waals surface area contributed by atoms with Gasteiger partial charge in [-0.3, -0.25) is 19.3 Å². The summed E-state index contributed by atoms with van der Waals surface area (Å²) in [4.78, 5) is 31.6. The standard InChI is InChI=1S/C17H20N6O2S2/c1-22-12(20-21-17(22)26)8-18-13(24)6-7-23-9-19-15-14(16(23)25)10-4-2-3-5-11(10)27-15/h9H,2-8H2,1H3,(H,18,24)(H,21,26). The van der Waals surface area contributed by atoms with E-state index in [0.29, 0.717) is 17.1 Å². The van der Waals surface area contributed by atoms with Crippen molar-refractivity contribution in [2.75, 3.05) is 0 Å². The SMILES string of the molecule is Cn1c(CNC(=O)CCn2cnc3sc4c(c3c2=O)CCCC4)n[nH]c1=S. The smallest absolute Gasteiger partial charge is 0.262 e. The van der Waals surface area contributed by atoms with Crippen LogP contribution in [0.25, 0.3) is 10.2 Å². The van der Waals surface area contributed by atoms with Crippen LogP contribution in [0.4, 0.5) is 0 Å². The lowest BCUT2D eigenvalue weighted by Gasteiger charge is -2.10. The van der Waals surface area contributed by atoms with Crippen molar-refractivity contribution in [1.82, 2.24) is 29.6 Å². The number of hydrogen-bond acceptors (Lipinski definition) is 6. The van der Waals surface area contributed by atoms with Gasteiger partial charge in [-0.25, -0.2) is 4.98 Å². The van der Waals surface area contributed by atoms with Gasteiger partial charge in [-0.1, -0.05) is 0 Å². The molecule has 4 rings (SSSR count). The van der Waals surface area contributed by atoms with Crippen LogP contribution in [0.15, 0.2) is 11.1 Å². The zero-order valence-corrected chi connectivity index (χ0v) is 16.6. The minimum atomic E-state index is -0.150. The zero-order chi connectivity index (χ0) is 19.0. The summed E-state index contributed by atoms with van der Waals surface area (Å²) >= 11 is 6.68. The largest absolute Gasteiger partial charge is 0.349 e. The Bertz CT molecular complexity index is 1120. The number of rotatable bonds is 5. The maximum atomic E-state index is 12.9. The van der Waals surface area contributed by atoms with Crippen molar-refractivity contribution in [3.8, 4) is 0 Å². The Morgan fingerprint density at radius 1 is 1.41 bits per heavy atom. The molecule has 0 aliphatic heterocycles. The molecule has 0 fully saturated rings. The van der Waals surface area contributed by atoms with E-state index in [-0.39, 0.29) is 24.4 Å². The van der Waals surface area contributed by atoms with E-state index in [4.69, 9.17) is 12.2 Å². The molecule has 8 nitrogen and oxygen atoms in total. The fourth-order valence-corrected chi connectivity index (χ4v) is 4.74. The zero-order valence-electron chi connectivity index (χ0n) is 14.9. The average molecular weight is 405 g/mol. The minimum Gasteiger partial charge on any atom is -0.349 e. The van der Waals surface area contributed by atoms with Crippen LogP contribution in [-0.2, 0) is 37.8 Å². The highest BCUT2D eigenvalue weighted by atomic mass is 32.1. The first-order valence-corrected chi connectivity index (χ1v) is 10.1. The molecule has 1 aliphatic carbocycles. The molecule has 3 aromatic rings. The van der Waals surface area contributed by atoms with Crippen LogP contribution in [-0.4, -0.2) is 30.2 Å². The molecule has 10 heteroatoms. The highest BCUT2D eigenvalue weighted by molar-refractivity contribution is 7.71. The Hall–Kier alpha value is -2.33. The van der Waals surface area contributed by atoms with Crippen LogP contribution in [0.5, 0.6) is 0 Å². The molecule has 0 unspecified atom stereocenters. The molecule has 0 saturated heterocycles. The van der Waals surface area contributed by atoms with Gasteiger partial charge in [0.1, 0.15) is 4.83 Å². The van der Waals surface area contributed by atoms with Gasteiger partial charge in [0.05, 0.1) is 18.3 Å². The quantitative estimate of drug-likeness (QED) is 0.633. The minimum absolute atomic E-state index is 0.0401. The Morgan fingerprint density at radius 3 is 3.00 bits per heavy atom. The predicted octanol–water partition coefficient (Wildman–Crippen LogP) is 1.83. The summed E-state index contributed by atoms with van der Waals surface area (Å²) in [5, 5.41) is 10.3. The van der Waals surface area contributed by atoms with Crippen molar-refractivity contribution in [2.45, 2.75) is 45.2 Å². The number of H-pyrrole nitrogens is 1. The second kappa shape index (κ2) is 7.35. The van der Waals surface area contributed by atoms with Crippen LogP contribution in [0.3, 0.4) is 0 Å². The maximum Gasteiger partial charge on any atom is 0.262 e. The Labute approximate surface area is 164 Å². The Balaban J connectivity index is 1.45. The number of amides is 1. The second-order valence-corrected chi connectivity index (χ2v) is 8.14. The van der Waals surface area contributed by atoms with Crippen molar-refractivity contribution in [2.24, 2.45) is 7.05 Å².